The second kappa shape index (κ2) is 5.68. The number of hydrogen-bond donors (Lipinski definition) is 2. The van der Waals surface area contributed by atoms with Crippen LogP contribution in [0.25, 0.3) is 11.0 Å². The van der Waals surface area contributed by atoms with Gasteiger partial charge in [-0.1, -0.05) is 0 Å². The number of rotatable bonds is 4. The van der Waals surface area contributed by atoms with E-state index in [1.54, 1.807) is 20.4 Å². The van der Waals surface area contributed by atoms with E-state index >= 15 is 0 Å². The number of aryl methyl sites for hydroxylation is 1. The van der Waals surface area contributed by atoms with Crippen molar-refractivity contribution in [2.75, 3.05) is 25.7 Å². The van der Waals surface area contributed by atoms with Gasteiger partial charge in [-0.25, -0.2) is 4.98 Å². The molecule has 2 heterocycles. The number of hydrogen-bond acceptors (Lipinski definition) is 7. The van der Waals surface area contributed by atoms with Crippen molar-refractivity contribution in [3.05, 3.63) is 35.2 Å². The van der Waals surface area contributed by atoms with Crippen LogP contribution in [0, 0.1) is 6.92 Å². The van der Waals surface area contributed by atoms with Gasteiger partial charge in [-0.2, -0.15) is 4.98 Å². The highest BCUT2D eigenvalue weighted by molar-refractivity contribution is 5.90. The Morgan fingerprint density at radius 3 is 2.57 bits per heavy atom. The van der Waals surface area contributed by atoms with Crippen molar-refractivity contribution in [3.8, 4) is 11.5 Å². The summed E-state index contributed by atoms with van der Waals surface area (Å²) < 4.78 is 16.6. The van der Waals surface area contributed by atoms with Gasteiger partial charge in [-0.3, -0.25) is 0 Å². The van der Waals surface area contributed by atoms with Crippen molar-refractivity contribution in [2.45, 2.75) is 13.3 Å². The molecule has 0 spiro atoms. The minimum Gasteiger partial charge on any atom is -0.493 e. The number of benzene rings is 1. The maximum absolute atomic E-state index is 5.93. The molecule has 0 saturated carbocycles. The molecule has 1 aromatic carbocycles. The van der Waals surface area contributed by atoms with E-state index in [9.17, 15) is 0 Å². The summed E-state index contributed by atoms with van der Waals surface area (Å²) in [6.45, 7) is 1.89. The summed E-state index contributed by atoms with van der Waals surface area (Å²) in [5, 5.41) is 0.941. The Kier molecular flexibility index (Phi) is 3.69. The molecule has 2 aromatic heterocycles. The van der Waals surface area contributed by atoms with Crippen LogP contribution in [0.2, 0.25) is 0 Å². The second-order valence-electron chi connectivity index (χ2n) is 5.19. The first-order chi connectivity index (χ1) is 11.0. The van der Waals surface area contributed by atoms with E-state index in [-0.39, 0.29) is 5.95 Å². The topological polar surface area (TPSA) is 109 Å². The van der Waals surface area contributed by atoms with Gasteiger partial charge in [0.2, 0.25) is 11.7 Å². The molecule has 0 unspecified atom stereocenters. The summed E-state index contributed by atoms with van der Waals surface area (Å²) in [5.74, 6) is 2.47. The summed E-state index contributed by atoms with van der Waals surface area (Å²) in [7, 11) is 3.17. The predicted molar refractivity (Wildman–Crippen MR) is 87.7 cm³/mol. The van der Waals surface area contributed by atoms with Crippen LogP contribution < -0.4 is 20.9 Å². The number of anilines is 2. The fourth-order valence-electron chi connectivity index (χ4n) is 2.60. The molecule has 3 aromatic rings. The minimum atomic E-state index is 0.155. The van der Waals surface area contributed by atoms with Crippen LogP contribution in [0.15, 0.2) is 22.7 Å². The summed E-state index contributed by atoms with van der Waals surface area (Å²) in [5.41, 5.74) is 13.9. The number of ether oxygens (including phenoxy) is 2. The van der Waals surface area contributed by atoms with Gasteiger partial charge in [0.15, 0.2) is 11.3 Å². The quantitative estimate of drug-likeness (QED) is 0.760. The third-order valence-corrected chi connectivity index (χ3v) is 3.66. The van der Waals surface area contributed by atoms with Gasteiger partial charge in [-0.05, 0) is 24.6 Å². The lowest BCUT2D eigenvalue weighted by Crippen LogP contribution is -2.04. The Morgan fingerprint density at radius 2 is 1.91 bits per heavy atom. The highest BCUT2D eigenvalue weighted by Gasteiger charge is 2.18. The number of fused-ring (bicyclic) bond motifs is 1. The maximum atomic E-state index is 5.93. The van der Waals surface area contributed by atoms with Crippen LogP contribution in [0.4, 0.5) is 11.8 Å². The lowest BCUT2D eigenvalue weighted by atomic mass is 10.0. The molecule has 3 rings (SSSR count). The van der Waals surface area contributed by atoms with Crippen molar-refractivity contribution in [3.63, 3.8) is 0 Å². The molecule has 0 saturated heterocycles. The number of nitrogens with zero attached hydrogens (tertiary/aromatic N) is 2. The average Bonchev–Trinajstić information content (AvgIpc) is 2.91. The molecule has 23 heavy (non-hydrogen) atoms. The first-order valence-corrected chi connectivity index (χ1v) is 7.04. The summed E-state index contributed by atoms with van der Waals surface area (Å²) in [6.07, 6.45) is 2.16. The monoisotopic (exact) mass is 314 g/mol. The van der Waals surface area contributed by atoms with Crippen LogP contribution in [-0.4, -0.2) is 24.2 Å². The Morgan fingerprint density at radius 1 is 1.13 bits per heavy atom. The van der Waals surface area contributed by atoms with Crippen LogP contribution >= 0.6 is 0 Å². The number of methoxy groups -OCH3 is 2. The Bertz CT molecular complexity index is 873. The Balaban J connectivity index is 2.16. The van der Waals surface area contributed by atoms with Gasteiger partial charge in [0, 0.05) is 23.6 Å². The van der Waals surface area contributed by atoms with Crippen LogP contribution in [0.5, 0.6) is 11.5 Å². The molecule has 7 nitrogen and oxygen atoms in total. The standard InChI is InChI=1S/C16H18N4O3/c1-8-4-11-9(5-10-7-19-16(18)20-15(10)17)6-12(21-2)14(22-3)13(11)23-8/h4,6-7H,5H2,1-3H3,(H4,17,18,19,20). The third-order valence-electron chi connectivity index (χ3n) is 3.66. The van der Waals surface area contributed by atoms with Crippen molar-refractivity contribution >= 4 is 22.7 Å². The van der Waals surface area contributed by atoms with Gasteiger partial charge in [0.1, 0.15) is 11.6 Å². The number of nitrogen functional groups attached to an aromatic ring is 2. The van der Waals surface area contributed by atoms with Gasteiger partial charge in [0.05, 0.1) is 14.2 Å². The van der Waals surface area contributed by atoms with Crippen LogP contribution in [-0.2, 0) is 6.42 Å². The Labute approximate surface area is 133 Å². The number of furan rings is 1. The van der Waals surface area contributed by atoms with Crippen molar-refractivity contribution in [1.82, 2.24) is 9.97 Å². The zero-order valence-electron chi connectivity index (χ0n) is 13.2. The normalized spacial score (nSPS) is 10.9. The van der Waals surface area contributed by atoms with Crippen molar-refractivity contribution in [2.24, 2.45) is 0 Å². The van der Waals surface area contributed by atoms with E-state index in [1.807, 2.05) is 19.1 Å². The van der Waals surface area contributed by atoms with Gasteiger partial charge in [-0.15, -0.1) is 0 Å². The predicted octanol–water partition coefficient (Wildman–Crippen LogP) is 2.30. The van der Waals surface area contributed by atoms with Gasteiger partial charge < -0.3 is 25.4 Å². The van der Waals surface area contributed by atoms with E-state index in [0.29, 0.717) is 29.3 Å². The van der Waals surface area contributed by atoms with E-state index < -0.39 is 0 Å². The summed E-state index contributed by atoms with van der Waals surface area (Å²) in [6, 6.07) is 3.87. The Hall–Kier alpha value is -2.96. The molecule has 0 aliphatic rings. The molecule has 0 atom stereocenters. The SMILES string of the molecule is COc1cc(Cc2cnc(N)nc2N)c2cc(C)oc2c1OC. The third kappa shape index (κ3) is 2.61. The minimum absolute atomic E-state index is 0.155. The van der Waals surface area contributed by atoms with E-state index in [1.165, 1.54) is 0 Å². The van der Waals surface area contributed by atoms with Gasteiger partial charge >= 0.3 is 0 Å². The van der Waals surface area contributed by atoms with Gasteiger partial charge in [0.25, 0.3) is 0 Å². The maximum Gasteiger partial charge on any atom is 0.221 e. The first-order valence-electron chi connectivity index (χ1n) is 7.04. The fraction of sp³-hybridized carbons (Fsp3) is 0.250. The first kappa shape index (κ1) is 15.0. The molecule has 120 valence electrons. The van der Waals surface area contributed by atoms with Crippen LogP contribution in [0.3, 0.4) is 0 Å². The number of nitrogens with two attached hydrogens (primary N) is 2. The molecule has 7 heteroatoms. The molecule has 0 amide bonds. The molecule has 0 fully saturated rings. The summed E-state index contributed by atoms with van der Waals surface area (Å²) in [4.78, 5) is 8.00. The van der Waals surface area contributed by atoms with Crippen LogP contribution in [0.1, 0.15) is 16.9 Å². The average molecular weight is 314 g/mol. The van der Waals surface area contributed by atoms with Crippen molar-refractivity contribution in [1.29, 1.82) is 0 Å². The highest BCUT2D eigenvalue weighted by atomic mass is 16.5. The molecule has 0 bridgehead atoms. The molecular weight excluding hydrogens is 296 g/mol. The van der Waals surface area contributed by atoms with Crippen molar-refractivity contribution < 1.29 is 13.9 Å². The summed E-state index contributed by atoms with van der Waals surface area (Å²) >= 11 is 0. The molecular formula is C16H18N4O3. The molecule has 0 aliphatic heterocycles. The molecule has 4 N–H and O–H groups in total. The second-order valence-corrected chi connectivity index (χ2v) is 5.19. The van der Waals surface area contributed by atoms with E-state index in [2.05, 4.69) is 9.97 Å². The van der Waals surface area contributed by atoms with E-state index in [4.69, 9.17) is 25.4 Å². The van der Waals surface area contributed by atoms with E-state index in [0.717, 1.165) is 22.3 Å². The fourth-order valence-corrected chi connectivity index (χ4v) is 2.60. The zero-order valence-corrected chi connectivity index (χ0v) is 13.2. The number of aromatic nitrogens is 2. The zero-order chi connectivity index (χ0) is 16.6. The molecule has 0 aliphatic carbocycles. The smallest absolute Gasteiger partial charge is 0.221 e. The molecule has 0 radical (unpaired) electrons. The lowest BCUT2D eigenvalue weighted by Gasteiger charge is -2.12. The highest BCUT2D eigenvalue weighted by Crippen LogP contribution is 2.40. The largest absolute Gasteiger partial charge is 0.493 e. The lowest BCUT2D eigenvalue weighted by molar-refractivity contribution is 0.352.